The largest absolute Gasteiger partial charge is 0.488 e. The van der Waals surface area contributed by atoms with Crippen molar-refractivity contribution in [2.75, 3.05) is 26.2 Å². The molecule has 1 amide bonds. The Bertz CT molecular complexity index is 549. The summed E-state index contributed by atoms with van der Waals surface area (Å²) < 4.78 is 5.41. The first-order chi connectivity index (χ1) is 11.2. The molecule has 2 rings (SSSR count). The van der Waals surface area contributed by atoms with Crippen LogP contribution < -0.4 is 5.46 Å². The Balaban J connectivity index is 1.90. The van der Waals surface area contributed by atoms with Gasteiger partial charge < -0.3 is 19.7 Å². The number of ether oxygens (including phenoxy) is 1. The standard InChI is InChI=1S/C17H27BN2O4/c1-13(14-5-7-15(8-6-14)18(22)23)19-9-11-20(12-10-19)16(21)24-17(2,3)4/h5-8,13,22-23H,9-12H2,1-4H3. The lowest BCUT2D eigenvalue weighted by molar-refractivity contribution is 0.0110. The lowest BCUT2D eigenvalue weighted by Gasteiger charge is -2.38. The second kappa shape index (κ2) is 7.55. The number of carbonyl (C=O) groups excluding carboxylic acids is 1. The van der Waals surface area contributed by atoms with Gasteiger partial charge in [-0.1, -0.05) is 24.3 Å². The average Bonchev–Trinajstić information content (AvgIpc) is 2.53. The molecule has 7 heteroatoms. The molecule has 2 N–H and O–H groups in total. The van der Waals surface area contributed by atoms with E-state index in [2.05, 4.69) is 11.8 Å². The van der Waals surface area contributed by atoms with Crippen molar-refractivity contribution in [1.29, 1.82) is 0 Å². The van der Waals surface area contributed by atoms with Gasteiger partial charge in [0.05, 0.1) is 0 Å². The number of hydrogen-bond donors (Lipinski definition) is 2. The third-order valence-corrected chi connectivity index (χ3v) is 4.23. The molecular weight excluding hydrogens is 307 g/mol. The van der Waals surface area contributed by atoms with E-state index in [-0.39, 0.29) is 12.1 Å². The summed E-state index contributed by atoms with van der Waals surface area (Å²) in [5, 5.41) is 18.3. The highest BCUT2D eigenvalue weighted by molar-refractivity contribution is 6.58. The first-order valence-corrected chi connectivity index (χ1v) is 8.35. The minimum absolute atomic E-state index is 0.204. The van der Waals surface area contributed by atoms with Crippen LogP contribution >= 0.6 is 0 Å². The molecule has 0 spiro atoms. The summed E-state index contributed by atoms with van der Waals surface area (Å²) in [6.07, 6.45) is -0.254. The summed E-state index contributed by atoms with van der Waals surface area (Å²) in [7, 11) is -1.44. The van der Waals surface area contributed by atoms with E-state index in [4.69, 9.17) is 14.8 Å². The summed E-state index contributed by atoms with van der Waals surface area (Å²) in [6.45, 7) is 10.6. The van der Waals surface area contributed by atoms with Crippen molar-refractivity contribution < 1.29 is 19.6 Å². The van der Waals surface area contributed by atoms with E-state index in [9.17, 15) is 4.79 Å². The van der Waals surface area contributed by atoms with E-state index in [1.165, 1.54) is 0 Å². The van der Waals surface area contributed by atoms with Crippen LogP contribution in [0.25, 0.3) is 0 Å². The Kier molecular flexibility index (Phi) is 5.90. The number of nitrogens with zero attached hydrogens (tertiary/aromatic N) is 2. The molecule has 1 aliphatic rings. The van der Waals surface area contributed by atoms with Gasteiger partial charge in [-0.15, -0.1) is 0 Å². The quantitative estimate of drug-likeness (QED) is 0.806. The zero-order chi connectivity index (χ0) is 17.9. The number of rotatable bonds is 3. The lowest BCUT2D eigenvalue weighted by atomic mass is 9.80. The van der Waals surface area contributed by atoms with Crippen LogP contribution in [0.3, 0.4) is 0 Å². The number of hydrogen-bond acceptors (Lipinski definition) is 5. The third kappa shape index (κ3) is 4.96. The van der Waals surface area contributed by atoms with Crippen LogP contribution in [-0.2, 0) is 4.74 Å². The topological polar surface area (TPSA) is 73.2 Å². The fraction of sp³-hybridized carbons (Fsp3) is 0.588. The minimum Gasteiger partial charge on any atom is -0.444 e. The maximum Gasteiger partial charge on any atom is 0.488 e. The molecule has 1 aromatic rings. The average molecular weight is 334 g/mol. The summed E-state index contributed by atoms with van der Waals surface area (Å²) >= 11 is 0. The molecule has 0 saturated carbocycles. The fourth-order valence-electron chi connectivity index (χ4n) is 2.78. The maximum atomic E-state index is 12.1. The highest BCUT2D eigenvalue weighted by Gasteiger charge is 2.28. The van der Waals surface area contributed by atoms with Gasteiger partial charge in [-0.2, -0.15) is 0 Å². The predicted molar refractivity (Wildman–Crippen MR) is 94.1 cm³/mol. The first-order valence-electron chi connectivity index (χ1n) is 8.35. The van der Waals surface area contributed by atoms with E-state index in [0.717, 1.165) is 18.7 Å². The SMILES string of the molecule is CC(c1ccc(B(O)O)cc1)N1CCN(C(=O)OC(C)(C)C)CC1. The lowest BCUT2D eigenvalue weighted by Crippen LogP contribution is -2.50. The molecular formula is C17H27BN2O4. The summed E-state index contributed by atoms with van der Waals surface area (Å²) in [6, 6.07) is 7.50. The molecule has 1 fully saturated rings. The number of piperazine rings is 1. The summed E-state index contributed by atoms with van der Waals surface area (Å²) in [4.78, 5) is 16.2. The van der Waals surface area contributed by atoms with E-state index < -0.39 is 12.7 Å². The fourth-order valence-corrected chi connectivity index (χ4v) is 2.78. The van der Waals surface area contributed by atoms with Gasteiger partial charge in [0.25, 0.3) is 0 Å². The highest BCUT2D eigenvalue weighted by Crippen LogP contribution is 2.21. The number of benzene rings is 1. The van der Waals surface area contributed by atoms with Crippen LogP contribution in [0.15, 0.2) is 24.3 Å². The van der Waals surface area contributed by atoms with Crippen LogP contribution in [0.1, 0.15) is 39.3 Å². The molecule has 24 heavy (non-hydrogen) atoms. The van der Waals surface area contributed by atoms with Gasteiger partial charge in [0, 0.05) is 32.2 Å². The van der Waals surface area contributed by atoms with Gasteiger partial charge in [0.15, 0.2) is 0 Å². The van der Waals surface area contributed by atoms with Crippen LogP contribution in [0.2, 0.25) is 0 Å². The molecule has 0 radical (unpaired) electrons. The van der Waals surface area contributed by atoms with Crippen LogP contribution in [0.5, 0.6) is 0 Å². The van der Waals surface area contributed by atoms with Gasteiger partial charge in [0.1, 0.15) is 5.60 Å². The highest BCUT2D eigenvalue weighted by atomic mass is 16.6. The molecule has 1 saturated heterocycles. The zero-order valence-corrected chi connectivity index (χ0v) is 14.9. The van der Waals surface area contributed by atoms with E-state index in [0.29, 0.717) is 18.6 Å². The molecule has 1 heterocycles. The van der Waals surface area contributed by atoms with Crippen molar-refractivity contribution in [2.24, 2.45) is 0 Å². The molecule has 0 aromatic heterocycles. The predicted octanol–water partition coefficient (Wildman–Crippen LogP) is 0.980. The Labute approximate surface area is 144 Å². The molecule has 1 unspecified atom stereocenters. The summed E-state index contributed by atoms with van der Waals surface area (Å²) in [5.41, 5.74) is 1.13. The normalized spacial score (nSPS) is 17.5. The van der Waals surface area contributed by atoms with E-state index >= 15 is 0 Å². The molecule has 1 aliphatic heterocycles. The van der Waals surface area contributed by atoms with Crippen molar-refractivity contribution in [3.63, 3.8) is 0 Å². The molecule has 1 aromatic carbocycles. The van der Waals surface area contributed by atoms with Gasteiger partial charge in [0.2, 0.25) is 0 Å². The van der Waals surface area contributed by atoms with Gasteiger partial charge in [-0.3, -0.25) is 4.90 Å². The maximum absolute atomic E-state index is 12.1. The molecule has 1 atom stereocenters. The molecule has 0 aliphatic carbocycles. The monoisotopic (exact) mass is 334 g/mol. The Morgan fingerprint density at radius 2 is 1.67 bits per heavy atom. The first kappa shape index (κ1) is 18.8. The minimum atomic E-state index is -1.44. The van der Waals surface area contributed by atoms with Crippen molar-refractivity contribution in [1.82, 2.24) is 9.80 Å². The molecule has 0 bridgehead atoms. The van der Waals surface area contributed by atoms with E-state index in [1.807, 2.05) is 32.9 Å². The van der Waals surface area contributed by atoms with Crippen molar-refractivity contribution in [3.8, 4) is 0 Å². The molecule has 132 valence electrons. The van der Waals surface area contributed by atoms with Crippen LogP contribution in [0.4, 0.5) is 4.79 Å². The van der Waals surface area contributed by atoms with Crippen LogP contribution in [0, 0.1) is 0 Å². The second-order valence-corrected chi connectivity index (χ2v) is 7.22. The Hall–Kier alpha value is -1.57. The van der Waals surface area contributed by atoms with Gasteiger partial charge in [-0.05, 0) is 38.7 Å². The van der Waals surface area contributed by atoms with Crippen molar-refractivity contribution in [2.45, 2.75) is 39.3 Å². The zero-order valence-electron chi connectivity index (χ0n) is 14.9. The Morgan fingerprint density at radius 3 is 2.12 bits per heavy atom. The van der Waals surface area contributed by atoms with Crippen molar-refractivity contribution >= 4 is 18.7 Å². The van der Waals surface area contributed by atoms with Crippen LogP contribution in [-0.4, -0.2) is 64.8 Å². The van der Waals surface area contributed by atoms with Gasteiger partial charge in [-0.25, -0.2) is 4.79 Å². The van der Waals surface area contributed by atoms with Crippen molar-refractivity contribution in [3.05, 3.63) is 29.8 Å². The van der Waals surface area contributed by atoms with E-state index in [1.54, 1.807) is 17.0 Å². The second-order valence-electron chi connectivity index (χ2n) is 7.22. The molecule has 6 nitrogen and oxygen atoms in total. The number of carbonyl (C=O) groups is 1. The summed E-state index contributed by atoms with van der Waals surface area (Å²) in [5.74, 6) is 0. The van der Waals surface area contributed by atoms with Gasteiger partial charge >= 0.3 is 13.2 Å². The smallest absolute Gasteiger partial charge is 0.444 e. The third-order valence-electron chi connectivity index (χ3n) is 4.23. The Morgan fingerprint density at radius 1 is 1.12 bits per heavy atom. The number of amides is 1.